The molecule has 0 aliphatic carbocycles. The van der Waals surface area contributed by atoms with Gasteiger partial charge in [-0.15, -0.1) is 0 Å². The molecule has 1 aliphatic rings. The lowest BCUT2D eigenvalue weighted by atomic mass is 10.1. The van der Waals surface area contributed by atoms with Crippen molar-refractivity contribution in [2.75, 3.05) is 29.9 Å². The maximum Gasteiger partial charge on any atom is 0.262 e. The average molecular weight is 462 g/mol. The van der Waals surface area contributed by atoms with Crippen molar-refractivity contribution in [3.8, 4) is 0 Å². The van der Waals surface area contributed by atoms with Crippen molar-refractivity contribution in [1.82, 2.24) is 4.90 Å². The second kappa shape index (κ2) is 9.26. The van der Waals surface area contributed by atoms with E-state index in [4.69, 9.17) is 11.6 Å². The third-order valence-corrected chi connectivity index (χ3v) is 5.74. The molecule has 7 nitrogen and oxygen atoms in total. The van der Waals surface area contributed by atoms with Gasteiger partial charge in [-0.2, -0.15) is 0 Å². The molecule has 0 aromatic heterocycles. The second-order valence-corrected chi connectivity index (χ2v) is 7.87. The number of fused-ring (bicyclic) bond motifs is 1. The third-order valence-electron chi connectivity index (χ3n) is 5.42. The number of imide groups is 1. The van der Waals surface area contributed by atoms with Gasteiger partial charge >= 0.3 is 0 Å². The van der Waals surface area contributed by atoms with Gasteiger partial charge < -0.3 is 9.80 Å². The van der Waals surface area contributed by atoms with Crippen molar-refractivity contribution in [3.63, 3.8) is 0 Å². The number of hydrogen-bond acceptors (Lipinski definition) is 4. The lowest BCUT2D eigenvalue weighted by molar-refractivity contribution is -0.122. The number of hydrogen-bond donors (Lipinski definition) is 0. The first-order valence-electron chi connectivity index (χ1n) is 10.2. The van der Waals surface area contributed by atoms with E-state index in [9.17, 15) is 19.2 Å². The minimum absolute atomic E-state index is 0.260. The molecule has 1 heterocycles. The van der Waals surface area contributed by atoms with Crippen LogP contribution < -0.4 is 9.80 Å². The highest BCUT2D eigenvalue weighted by Crippen LogP contribution is 2.26. The maximum atomic E-state index is 13.3. The number of likely N-dealkylation sites (N-methyl/N-ethyl adjacent to an activating group) is 1. The zero-order valence-electron chi connectivity index (χ0n) is 17.8. The minimum Gasteiger partial charge on any atom is -0.312 e. The molecule has 1 aliphatic heterocycles. The fourth-order valence-electron chi connectivity index (χ4n) is 3.63. The van der Waals surface area contributed by atoms with Crippen LogP contribution in [0.4, 0.5) is 11.4 Å². The first-order chi connectivity index (χ1) is 15.9. The first kappa shape index (κ1) is 22.2. The summed E-state index contributed by atoms with van der Waals surface area (Å²) < 4.78 is 0. The van der Waals surface area contributed by atoms with E-state index in [1.54, 1.807) is 85.9 Å². The van der Waals surface area contributed by atoms with Gasteiger partial charge in [-0.3, -0.25) is 24.1 Å². The zero-order valence-corrected chi connectivity index (χ0v) is 18.5. The van der Waals surface area contributed by atoms with Crippen molar-refractivity contribution < 1.29 is 19.2 Å². The summed E-state index contributed by atoms with van der Waals surface area (Å²) in [4.78, 5) is 55.3. The molecular formula is C25H20ClN3O4. The predicted molar refractivity (Wildman–Crippen MR) is 125 cm³/mol. The summed E-state index contributed by atoms with van der Waals surface area (Å²) in [7, 11) is 1.57. The number of nitrogens with zero attached hydrogens (tertiary/aromatic N) is 3. The van der Waals surface area contributed by atoms with Crippen molar-refractivity contribution in [1.29, 1.82) is 0 Å². The Hall–Kier alpha value is -3.97. The Balaban J connectivity index is 1.57. The van der Waals surface area contributed by atoms with E-state index in [-0.39, 0.29) is 23.6 Å². The molecule has 3 aromatic rings. The smallest absolute Gasteiger partial charge is 0.262 e. The number of rotatable bonds is 6. The Kier molecular flexibility index (Phi) is 6.24. The SMILES string of the molecule is CN(C(=O)CN(C(=O)CN1C(=O)c2ccccc2C1=O)c1ccccc1)c1ccccc1Cl. The van der Waals surface area contributed by atoms with Crippen LogP contribution in [-0.4, -0.2) is 48.7 Å². The number of halogens is 1. The van der Waals surface area contributed by atoms with E-state index >= 15 is 0 Å². The molecule has 0 N–H and O–H groups in total. The molecule has 0 spiro atoms. The fourth-order valence-corrected chi connectivity index (χ4v) is 3.90. The Morgan fingerprint density at radius 1 is 0.788 bits per heavy atom. The third kappa shape index (κ3) is 4.36. The standard InChI is InChI=1S/C25H20ClN3O4/c1-27(21-14-8-7-13-20(21)26)22(30)15-28(17-9-3-2-4-10-17)23(31)16-29-24(32)18-11-5-6-12-19(18)25(29)33/h2-14H,15-16H2,1H3. The number of carbonyl (C=O) groups excluding carboxylic acids is 4. The van der Waals surface area contributed by atoms with Crippen LogP contribution in [-0.2, 0) is 9.59 Å². The van der Waals surface area contributed by atoms with Crippen molar-refractivity contribution in [2.24, 2.45) is 0 Å². The van der Waals surface area contributed by atoms with E-state index in [1.807, 2.05) is 0 Å². The van der Waals surface area contributed by atoms with Gasteiger partial charge in [-0.1, -0.05) is 54.1 Å². The Morgan fingerprint density at radius 3 is 1.94 bits per heavy atom. The van der Waals surface area contributed by atoms with E-state index in [0.29, 0.717) is 16.4 Å². The highest BCUT2D eigenvalue weighted by molar-refractivity contribution is 6.33. The molecule has 0 radical (unpaired) electrons. The molecule has 0 saturated heterocycles. The molecule has 0 saturated carbocycles. The topological polar surface area (TPSA) is 78.0 Å². The number of benzene rings is 3. The molecule has 166 valence electrons. The maximum absolute atomic E-state index is 13.3. The van der Waals surface area contributed by atoms with Crippen LogP contribution in [0.2, 0.25) is 5.02 Å². The van der Waals surface area contributed by atoms with Gasteiger partial charge in [0.25, 0.3) is 11.8 Å². The fraction of sp³-hybridized carbons (Fsp3) is 0.120. The van der Waals surface area contributed by atoms with Gasteiger partial charge in [0.2, 0.25) is 11.8 Å². The molecular weight excluding hydrogens is 442 g/mol. The molecule has 0 fully saturated rings. The van der Waals surface area contributed by atoms with E-state index in [1.165, 1.54) is 9.80 Å². The van der Waals surface area contributed by atoms with Crippen LogP contribution in [0.1, 0.15) is 20.7 Å². The van der Waals surface area contributed by atoms with Crippen LogP contribution in [0.15, 0.2) is 78.9 Å². The van der Waals surface area contributed by atoms with E-state index in [2.05, 4.69) is 0 Å². The van der Waals surface area contributed by atoms with E-state index in [0.717, 1.165) is 4.90 Å². The zero-order chi connectivity index (χ0) is 23.5. The van der Waals surface area contributed by atoms with Crippen LogP contribution in [0.25, 0.3) is 0 Å². The molecule has 0 unspecified atom stereocenters. The van der Waals surface area contributed by atoms with Crippen molar-refractivity contribution in [3.05, 3.63) is 95.0 Å². The van der Waals surface area contributed by atoms with Gasteiger partial charge in [0.1, 0.15) is 13.1 Å². The van der Waals surface area contributed by atoms with Crippen LogP contribution >= 0.6 is 11.6 Å². The monoisotopic (exact) mass is 461 g/mol. The lowest BCUT2D eigenvalue weighted by Crippen LogP contribution is -2.47. The number of para-hydroxylation sites is 2. The summed E-state index contributed by atoms with van der Waals surface area (Å²) in [5.41, 5.74) is 1.50. The van der Waals surface area contributed by atoms with Crippen LogP contribution in [0.3, 0.4) is 0 Å². The van der Waals surface area contributed by atoms with Crippen molar-refractivity contribution >= 4 is 46.6 Å². The molecule has 8 heteroatoms. The molecule has 4 rings (SSSR count). The van der Waals surface area contributed by atoms with Gasteiger partial charge in [0, 0.05) is 12.7 Å². The van der Waals surface area contributed by atoms with E-state index < -0.39 is 24.3 Å². The quantitative estimate of drug-likeness (QED) is 0.525. The Morgan fingerprint density at radius 2 is 1.33 bits per heavy atom. The first-order valence-corrected chi connectivity index (χ1v) is 10.6. The largest absolute Gasteiger partial charge is 0.312 e. The summed E-state index contributed by atoms with van der Waals surface area (Å²) in [5.74, 6) is -2.01. The Labute approximate surface area is 195 Å². The second-order valence-electron chi connectivity index (χ2n) is 7.46. The van der Waals surface area contributed by atoms with Gasteiger partial charge in [0.05, 0.1) is 21.8 Å². The molecule has 33 heavy (non-hydrogen) atoms. The summed E-state index contributed by atoms with van der Waals surface area (Å²) in [6.07, 6.45) is 0. The van der Waals surface area contributed by atoms with Crippen LogP contribution in [0.5, 0.6) is 0 Å². The highest BCUT2D eigenvalue weighted by Gasteiger charge is 2.37. The van der Waals surface area contributed by atoms with Crippen LogP contribution in [0, 0.1) is 0 Å². The number of carbonyl (C=O) groups is 4. The lowest BCUT2D eigenvalue weighted by Gasteiger charge is -2.27. The predicted octanol–water partition coefficient (Wildman–Crippen LogP) is 3.63. The normalized spacial score (nSPS) is 12.5. The minimum atomic E-state index is -0.559. The molecule has 0 atom stereocenters. The Bertz CT molecular complexity index is 1210. The highest BCUT2D eigenvalue weighted by atomic mass is 35.5. The molecule has 0 bridgehead atoms. The summed E-state index contributed by atoms with van der Waals surface area (Å²) in [5, 5.41) is 0.400. The summed E-state index contributed by atoms with van der Waals surface area (Å²) in [6.45, 7) is -0.780. The molecule has 3 aromatic carbocycles. The van der Waals surface area contributed by atoms with Gasteiger partial charge in [-0.25, -0.2) is 0 Å². The number of anilines is 2. The molecule has 4 amide bonds. The van der Waals surface area contributed by atoms with Gasteiger partial charge in [0.15, 0.2) is 0 Å². The summed E-state index contributed by atoms with van der Waals surface area (Å²) >= 11 is 6.21. The number of amides is 4. The van der Waals surface area contributed by atoms with Crippen molar-refractivity contribution in [2.45, 2.75) is 0 Å². The van der Waals surface area contributed by atoms with Gasteiger partial charge in [-0.05, 0) is 36.4 Å². The average Bonchev–Trinajstić information content (AvgIpc) is 3.07. The summed E-state index contributed by atoms with van der Waals surface area (Å²) in [6, 6.07) is 21.9.